The molecule has 12 nitrogen and oxygen atoms in total. The summed E-state index contributed by atoms with van der Waals surface area (Å²) < 4.78 is 17.3. The second kappa shape index (κ2) is 11.6. The largest absolute Gasteiger partial charge is 0.507 e. The Morgan fingerprint density at radius 2 is 1.78 bits per heavy atom. The van der Waals surface area contributed by atoms with Crippen molar-refractivity contribution in [1.29, 1.82) is 0 Å². The maximum Gasteiger partial charge on any atom is 0.242 e. The number of aliphatic hydroxyl groups is 1. The van der Waals surface area contributed by atoms with Gasteiger partial charge in [0, 0.05) is 41.3 Å². The van der Waals surface area contributed by atoms with Gasteiger partial charge in [-0.2, -0.15) is 0 Å². The van der Waals surface area contributed by atoms with Crippen LogP contribution in [-0.2, 0) is 22.4 Å². The number of benzene rings is 2. The summed E-state index contributed by atoms with van der Waals surface area (Å²) >= 11 is 0. The molecule has 5 N–H and O–H groups in total. The van der Waals surface area contributed by atoms with Crippen LogP contribution in [0.5, 0.6) is 28.7 Å². The molecule has 0 radical (unpaired) electrons. The van der Waals surface area contributed by atoms with E-state index in [4.69, 9.17) is 14.2 Å². The molecule has 0 saturated carbocycles. The molecule has 0 spiro atoms. The highest BCUT2D eigenvalue weighted by atomic mass is 16.7. The van der Waals surface area contributed by atoms with Crippen LogP contribution in [0.2, 0.25) is 0 Å². The second-order valence-electron chi connectivity index (χ2n) is 13.2. The number of hydrogen-bond donors (Lipinski definition) is 5. The first-order chi connectivity index (χ1) is 21.3. The SMILES string of the molecule is COc1c(C)cc2c(c1O)[C@@H]1C3Cc4c(O)c(C)c5c(c4[C@H](CNC(=O)[C@@H](C)NC(=O)CC(C)C)N3[C@@H](O)[C@H](C2)N1C)OCO5. The minimum absolute atomic E-state index is 0.00950. The van der Waals surface area contributed by atoms with Gasteiger partial charge in [-0.05, 0) is 57.7 Å². The second-order valence-corrected chi connectivity index (χ2v) is 13.2. The highest BCUT2D eigenvalue weighted by Crippen LogP contribution is 2.57. The molecule has 45 heavy (non-hydrogen) atoms. The fourth-order valence-electron chi connectivity index (χ4n) is 7.94. The van der Waals surface area contributed by atoms with Crippen molar-refractivity contribution in [2.45, 2.75) is 90.3 Å². The van der Waals surface area contributed by atoms with Gasteiger partial charge in [0.2, 0.25) is 18.6 Å². The van der Waals surface area contributed by atoms with Crippen molar-refractivity contribution in [3.05, 3.63) is 39.4 Å². The lowest BCUT2D eigenvalue weighted by molar-refractivity contribution is -0.172. The topological polar surface area (TPSA) is 153 Å². The van der Waals surface area contributed by atoms with E-state index < -0.39 is 24.4 Å². The number of aromatic hydroxyl groups is 2. The lowest BCUT2D eigenvalue weighted by Gasteiger charge is -2.60. The minimum Gasteiger partial charge on any atom is -0.507 e. The number of fused-ring (bicyclic) bond motifs is 9. The van der Waals surface area contributed by atoms with Gasteiger partial charge in [-0.15, -0.1) is 0 Å². The summed E-state index contributed by atoms with van der Waals surface area (Å²) in [7, 11) is 3.48. The lowest BCUT2D eigenvalue weighted by atomic mass is 9.73. The molecule has 0 aliphatic carbocycles. The molecule has 6 rings (SSSR count). The summed E-state index contributed by atoms with van der Waals surface area (Å²) in [6.07, 6.45) is 0.200. The molecule has 4 aliphatic rings. The van der Waals surface area contributed by atoms with E-state index in [2.05, 4.69) is 15.5 Å². The highest BCUT2D eigenvalue weighted by Gasteiger charge is 2.56. The molecule has 6 atom stereocenters. The van der Waals surface area contributed by atoms with Crippen LogP contribution in [0, 0.1) is 19.8 Å². The standard InChI is InChI=1S/C33H44N4O8/c1-14(2)8-23(38)35-17(5)32(41)34-12-22-25-19(27(39)16(4)30-31(25)45-13-44-30)11-20-26-24-18(9-15(3)29(43-7)28(24)40)10-21(36(26)6)33(42)37(20)22/h9,14,17,20-22,26,33,39-40,42H,8,10-13H2,1-7H3,(H,34,41)(H,35,38)/t17-,20?,21+,22+,26+,33+/m1/s1. The normalized spacial score (nSPS) is 25.7. The number of methoxy groups -OCH3 is 1. The highest BCUT2D eigenvalue weighted by molar-refractivity contribution is 5.87. The molecule has 12 heteroatoms. The Labute approximate surface area is 263 Å². The molecule has 0 aromatic heterocycles. The van der Waals surface area contributed by atoms with Gasteiger partial charge in [0.15, 0.2) is 23.0 Å². The molecule has 2 bridgehead atoms. The molecule has 1 fully saturated rings. The zero-order valence-electron chi connectivity index (χ0n) is 26.9. The molecule has 4 aliphatic heterocycles. The number of amides is 2. The first-order valence-corrected chi connectivity index (χ1v) is 15.6. The zero-order chi connectivity index (χ0) is 32.5. The summed E-state index contributed by atoms with van der Waals surface area (Å²) in [5.74, 6) is 1.10. The first kappa shape index (κ1) is 31.3. The molecule has 1 saturated heterocycles. The van der Waals surface area contributed by atoms with Gasteiger partial charge in [0.25, 0.3) is 0 Å². The lowest BCUT2D eigenvalue weighted by Crippen LogP contribution is -2.69. The smallest absolute Gasteiger partial charge is 0.242 e. The summed E-state index contributed by atoms with van der Waals surface area (Å²) in [6.45, 7) is 9.25. The average Bonchev–Trinajstić information content (AvgIpc) is 3.46. The number of phenols is 2. The van der Waals surface area contributed by atoms with E-state index in [1.54, 1.807) is 13.8 Å². The van der Waals surface area contributed by atoms with Gasteiger partial charge >= 0.3 is 0 Å². The van der Waals surface area contributed by atoms with Crippen LogP contribution in [0.15, 0.2) is 6.07 Å². The first-order valence-electron chi connectivity index (χ1n) is 15.6. The Hall–Kier alpha value is -3.74. The van der Waals surface area contributed by atoms with Gasteiger partial charge in [-0.1, -0.05) is 19.9 Å². The van der Waals surface area contributed by atoms with Crippen molar-refractivity contribution < 1.29 is 39.1 Å². The molecular formula is C33H44N4O8. The average molecular weight is 625 g/mol. The number of likely N-dealkylation sites (N-methyl/N-ethyl adjacent to an activating group) is 1. The molecule has 244 valence electrons. The minimum atomic E-state index is -0.950. The number of ether oxygens (including phenoxy) is 3. The van der Waals surface area contributed by atoms with Gasteiger partial charge in [0.05, 0.1) is 25.2 Å². The molecule has 2 amide bonds. The van der Waals surface area contributed by atoms with Gasteiger partial charge in [-0.3, -0.25) is 19.4 Å². The summed E-state index contributed by atoms with van der Waals surface area (Å²) in [5, 5.41) is 40.9. The van der Waals surface area contributed by atoms with Crippen LogP contribution in [0.4, 0.5) is 0 Å². The molecule has 1 unspecified atom stereocenters. The number of phenolic OH excluding ortho intramolecular Hbond substituents is 2. The van der Waals surface area contributed by atoms with Crippen molar-refractivity contribution in [2.24, 2.45) is 5.92 Å². The predicted molar refractivity (Wildman–Crippen MR) is 165 cm³/mol. The van der Waals surface area contributed by atoms with E-state index in [1.165, 1.54) is 7.11 Å². The summed E-state index contributed by atoms with van der Waals surface area (Å²) in [4.78, 5) is 29.8. The molecular weight excluding hydrogens is 580 g/mol. The van der Waals surface area contributed by atoms with Crippen LogP contribution in [0.1, 0.15) is 72.7 Å². The Balaban J connectivity index is 1.43. The summed E-state index contributed by atoms with van der Waals surface area (Å²) in [6, 6.07) is -0.448. The fourth-order valence-corrected chi connectivity index (χ4v) is 7.94. The molecule has 2 aromatic carbocycles. The van der Waals surface area contributed by atoms with Crippen molar-refractivity contribution in [1.82, 2.24) is 20.4 Å². The van der Waals surface area contributed by atoms with E-state index in [-0.39, 0.29) is 54.7 Å². The van der Waals surface area contributed by atoms with Crippen molar-refractivity contribution in [3.63, 3.8) is 0 Å². The summed E-state index contributed by atoms with van der Waals surface area (Å²) in [5.41, 5.74) is 4.37. The van der Waals surface area contributed by atoms with Crippen LogP contribution >= 0.6 is 0 Å². The number of carbonyl (C=O) groups is 2. The third kappa shape index (κ3) is 4.94. The number of rotatable bonds is 7. The number of hydrogen-bond acceptors (Lipinski definition) is 10. The quantitative estimate of drug-likeness (QED) is 0.310. The Morgan fingerprint density at radius 1 is 1.07 bits per heavy atom. The maximum atomic E-state index is 13.3. The predicted octanol–water partition coefficient (Wildman–Crippen LogP) is 2.32. The van der Waals surface area contributed by atoms with Crippen molar-refractivity contribution in [2.75, 3.05) is 27.5 Å². The number of nitrogens with one attached hydrogen (secondary N) is 2. The Morgan fingerprint density at radius 3 is 2.47 bits per heavy atom. The van der Waals surface area contributed by atoms with E-state index in [9.17, 15) is 24.9 Å². The van der Waals surface area contributed by atoms with Gasteiger partial charge in [-0.25, -0.2) is 0 Å². The van der Waals surface area contributed by atoms with Crippen LogP contribution in [-0.4, -0.2) is 88.8 Å². The number of piperazine rings is 1. The van der Waals surface area contributed by atoms with Crippen LogP contribution < -0.4 is 24.8 Å². The zero-order valence-corrected chi connectivity index (χ0v) is 26.9. The Kier molecular flexibility index (Phi) is 8.03. The van der Waals surface area contributed by atoms with Crippen LogP contribution in [0.3, 0.4) is 0 Å². The van der Waals surface area contributed by atoms with E-state index in [0.717, 1.165) is 16.7 Å². The maximum absolute atomic E-state index is 13.3. The fraction of sp³-hybridized carbons (Fsp3) is 0.576. The van der Waals surface area contributed by atoms with E-state index in [1.807, 2.05) is 38.8 Å². The van der Waals surface area contributed by atoms with Crippen molar-refractivity contribution in [3.8, 4) is 28.7 Å². The third-order valence-electron chi connectivity index (χ3n) is 9.96. The number of carbonyl (C=O) groups excluding carboxylic acids is 2. The van der Waals surface area contributed by atoms with E-state index in [0.29, 0.717) is 53.2 Å². The van der Waals surface area contributed by atoms with Crippen molar-refractivity contribution >= 4 is 11.8 Å². The number of aliphatic hydroxyl groups excluding tert-OH is 1. The number of nitrogens with zero attached hydrogens (tertiary/aromatic N) is 2. The van der Waals surface area contributed by atoms with Crippen LogP contribution in [0.25, 0.3) is 0 Å². The monoisotopic (exact) mass is 624 g/mol. The van der Waals surface area contributed by atoms with Gasteiger partial charge in [0.1, 0.15) is 18.0 Å². The van der Waals surface area contributed by atoms with E-state index >= 15 is 0 Å². The number of aryl methyl sites for hydroxylation is 1. The Bertz CT molecular complexity index is 1540. The molecule has 4 heterocycles. The van der Waals surface area contributed by atoms with Gasteiger partial charge < -0.3 is 40.2 Å². The third-order valence-corrected chi connectivity index (χ3v) is 9.96. The molecule has 2 aromatic rings.